The molecule has 0 aliphatic carbocycles. The summed E-state index contributed by atoms with van der Waals surface area (Å²) in [6.45, 7) is 0. The van der Waals surface area contributed by atoms with Crippen molar-refractivity contribution >= 4 is 11.8 Å². The molecular weight excluding hydrogens is 118 g/mol. The van der Waals surface area contributed by atoms with E-state index in [1.165, 1.54) is 22.8 Å². The van der Waals surface area contributed by atoms with E-state index < -0.39 is 0 Å². The lowest BCUT2D eigenvalue weighted by Gasteiger charge is -1.79. The third kappa shape index (κ3) is 0.494. The molecule has 0 saturated carbocycles. The summed E-state index contributed by atoms with van der Waals surface area (Å²) in [5.41, 5.74) is 1.43. The molecule has 0 bridgehead atoms. The minimum atomic E-state index is 1.23. The quantitative estimate of drug-likeness (QED) is 0.557. The van der Waals surface area contributed by atoms with Gasteiger partial charge in [0.05, 0.1) is 0 Å². The predicted octanol–water partition coefficient (Wildman–Crippen LogP) is 1.66. The summed E-state index contributed by atoms with van der Waals surface area (Å²) in [4.78, 5) is 4.65. The summed E-state index contributed by atoms with van der Waals surface area (Å²) in [5.74, 6) is 1.27. The normalized spacial score (nSPS) is 16.5. The molecule has 8 heavy (non-hydrogen) atoms. The van der Waals surface area contributed by atoms with Crippen molar-refractivity contribution in [2.75, 3.05) is 5.75 Å². The minimum absolute atomic E-state index is 1.23. The smallest absolute Gasteiger partial charge is 0.0293 e. The van der Waals surface area contributed by atoms with E-state index >= 15 is 0 Å². The number of H-pyrrole nitrogens is 1. The van der Waals surface area contributed by atoms with Gasteiger partial charge in [-0.2, -0.15) is 0 Å². The number of aryl methyl sites for hydroxylation is 1. The molecule has 2 heteroatoms. The van der Waals surface area contributed by atoms with Crippen LogP contribution in [-0.4, -0.2) is 10.7 Å². The molecule has 1 N–H and O–H groups in total. The SMILES string of the molecule is c1cc2c([nH]1)CCS2. The van der Waals surface area contributed by atoms with Crippen LogP contribution in [-0.2, 0) is 6.42 Å². The highest BCUT2D eigenvalue weighted by molar-refractivity contribution is 7.99. The lowest BCUT2D eigenvalue weighted by atomic mass is 10.4. The Hall–Kier alpha value is -0.370. The van der Waals surface area contributed by atoms with E-state index in [9.17, 15) is 0 Å². The fourth-order valence-corrected chi connectivity index (χ4v) is 2.01. The maximum absolute atomic E-state index is 3.20. The maximum Gasteiger partial charge on any atom is 0.0293 e. The molecule has 1 aliphatic rings. The summed E-state index contributed by atoms with van der Waals surface area (Å²) in [5, 5.41) is 0. The number of nitrogens with one attached hydrogen (secondary N) is 1. The monoisotopic (exact) mass is 125 g/mol. The van der Waals surface area contributed by atoms with Crippen molar-refractivity contribution in [3.63, 3.8) is 0 Å². The van der Waals surface area contributed by atoms with Crippen LogP contribution in [0.25, 0.3) is 0 Å². The highest BCUT2D eigenvalue weighted by Gasteiger charge is 2.09. The molecule has 1 aromatic heterocycles. The first-order chi connectivity index (χ1) is 3.97. The van der Waals surface area contributed by atoms with Crippen molar-refractivity contribution in [2.24, 2.45) is 0 Å². The Balaban J connectivity index is 2.54. The molecule has 0 saturated heterocycles. The lowest BCUT2D eigenvalue weighted by Crippen LogP contribution is -1.77. The van der Waals surface area contributed by atoms with Crippen molar-refractivity contribution in [3.05, 3.63) is 18.0 Å². The predicted molar refractivity (Wildman–Crippen MR) is 35.2 cm³/mol. The molecule has 0 aromatic carbocycles. The van der Waals surface area contributed by atoms with Crippen LogP contribution in [0.4, 0.5) is 0 Å². The van der Waals surface area contributed by atoms with Gasteiger partial charge in [0.15, 0.2) is 0 Å². The Morgan fingerprint density at radius 3 is 3.50 bits per heavy atom. The summed E-state index contributed by atoms with van der Waals surface area (Å²) in [6, 6.07) is 2.15. The molecule has 0 spiro atoms. The molecule has 2 heterocycles. The second kappa shape index (κ2) is 1.55. The maximum atomic E-state index is 3.20. The van der Waals surface area contributed by atoms with Crippen molar-refractivity contribution in [3.8, 4) is 0 Å². The van der Waals surface area contributed by atoms with E-state index in [0.29, 0.717) is 0 Å². The molecule has 2 rings (SSSR count). The van der Waals surface area contributed by atoms with Crippen LogP contribution in [0.5, 0.6) is 0 Å². The standard InChI is InChI=1S/C6H7NS/c1-3-7-5-2-4-8-6(1)5/h1,3,7H,2,4H2. The van der Waals surface area contributed by atoms with Gasteiger partial charge in [-0.1, -0.05) is 0 Å². The molecule has 0 unspecified atom stereocenters. The molecule has 1 aromatic rings. The summed E-state index contributed by atoms with van der Waals surface area (Å²) in [6.07, 6.45) is 3.24. The second-order valence-corrected chi connectivity index (χ2v) is 3.06. The Labute approximate surface area is 52.5 Å². The molecule has 0 atom stereocenters. The Kier molecular flexibility index (Phi) is 0.875. The largest absolute Gasteiger partial charge is 0.364 e. The van der Waals surface area contributed by atoms with Gasteiger partial charge in [0, 0.05) is 22.5 Å². The molecular formula is C6H7NS. The first-order valence-corrected chi connectivity index (χ1v) is 3.74. The molecule has 1 aliphatic heterocycles. The Morgan fingerprint density at radius 2 is 2.62 bits per heavy atom. The van der Waals surface area contributed by atoms with E-state index in [1.807, 2.05) is 18.0 Å². The number of hydrogen-bond donors (Lipinski definition) is 1. The van der Waals surface area contributed by atoms with E-state index in [2.05, 4.69) is 11.1 Å². The van der Waals surface area contributed by atoms with Crippen LogP contribution in [0.15, 0.2) is 17.2 Å². The fourth-order valence-electron chi connectivity index (χ4n) is 0.983. The Morgan fingerprint density at radius 1 is 1.62 bits per heavy atom. The van der Waals surface area contributed by atoms with Gasteiger partial charge in [-0.05, 0) is 12.5 Å². The zero-order valence-electron chi connectivity index (χ0n) is 4.48. The summed E-state index contributed by atoms with van der Waals surface area (Å²) < 4.78 is 0. The van der Waals surface area contributed by atoms with Gasteiger partial charge >= 0.3 is 0 Å². The zero-order chi connectivity index (χ0) is 5.40. The van der Waals surface area contributed by atoms with Crippen LogP contribution in [0.3, 0.4) is 0 Å². The van der Waals surface area contributed by atoms with E-state index in [4.69, 9.17) is 0 Å². The van der Waals surface area contributed by atoms with Crippen molar-refractivity contribution in [1.82, 2.24) is 4.98 Å². The molecule has 1 nitrogen and oxygen atoms in total. The zero-order valence-corrected chi connectivity index (χ0v) is 5.29. The van der Waals surface area contributed by atoms with Gasteiger partial charge in [-0.15, -0.1) is 11.8 Å². The fraction of sp³-hybridized carbons (Fsp3) is 0.333. The summed E-state index contributed by atoms with van der Waals surface area (Å²) >= 11 is 1.94. The molecule has 42 valence electrons. The van der Waals surface area contributed by atoms with Gasteiger partial charge in [-0.25, -0.2) is 0 Å². The van der Waals surface area contributed by atoms with Crippen molar-refractivity contribution in [2.45, 2.75) is 11.3 Å². The second-order valence-electron chi connectivity index (χ2n) is 1.92. The highest BCUT2D eigenvalue weighted by Crippen LogP contribution is 2.29. The van der Waals surface area contributed by atoms with Gasteiger partial charge in [0.25, 0.3) is 0 Å². The van der Waals surface area contributed by atoms with Gasteiger partial charge in [-0.3, -0.25) is 0 Å². The van der Waals surface area contributed by atoms with Crippen LogP contribution >= 0.6 is 11.8 Å². The average Bonchev–Trinajstić information content (AvgIpc) is 2.15. The van der Waals surface area contributed by atoms with E-state index in [1.54, 1.807) is 0 Å². The average molecular weight is 125 g/mol. The third-order valence-corrected chi connectivity index (χ3v) is 2.50. The molecule has 0 amide bonds. The van der Waals surface area contributed by atoms with Crippen LogP contribution in [0.2, 0.25) is 0 Å². The minimum Gasteiger partial charge on any atom is -0.364 e. The number of thioether (sulfide) groups is 1. The topological polar surface area (TPSA) is 15.8 Å². The first kappa shape index (κ1) is 4.50. The molecule has 0 fully saturated rings. The molecule has 0 radical (unpaired) electrons. The number of rotatable bonds is 0. The van der Waals surface area contributed by atoms with E-state index in [0.717, 1.165) is 0 Å². The van der Waals surface area contributed by atoms with Gasteiger partial charge in [0.2, 0.25) is 0 Å². The Bertz CT molecular complexity index is 174. The summed E-state index contributed by atoms with van der Waals surface area (Å²) in [7, 11) is 0. The third-order valence-electron chi connectivity index (χ3n) is 1.40. The van der Waals surface area contributed by atoms with Crippen LogP contribution < -0.4 is 0 Å². The number of fused-ring (bicyclic) bond motifs is 1. The van der Waals surface area contributed by atoms with Gasteiger partial charge < -0.3 is 4.98 Å². The van der Waals surface area contributed by atoms with Crippen molar-refractivity contribution < 1.29 is 0 Å². The van der Waals surface area contributed by atoms with Crippen molar-refractivity contribution in [1.29, 1.82) is 0 Å². The first-order valence-electron chi connectivity index (χ1n) is 2.76. The number of aromatic amines is 1. The number of hydrogen-bond acceptors (Lipinski definition) is 1. The highest BCUT2D eigenvalue weighted by atomic mass is 32.2. The van der Waals surface area contributed by atoms with Crippen LogP contribution in [0, 0.1) is 0 Å². The van der Waals surface area contributed by atoms with Gasteiger partial charge in [0.1, 0.15) is 0 Å². The lowest BCUT2D eigenvalue weighted by molar-refractivity contribution is 1.07. The van der Waals surface area contributed by atoms with E-state index in [-0.39, 0.29) is 0 Å². The van der Waals surface area contributed by atoms with Crippen LogP contribution in [0.1, 0.15) is 5.69 Å². The number of aromatic nitrogens is 1.